The number of carbonyl (C=O) groups is 2. The maximum atomic E-state index is 13.1. The van der Waals surface area contributed by atoms with Gasteiger partial charge in [-0.15, -0.1) is 0 Å². The van der Waals surface area contributed by atoms with Gasteiger partial charge in [-0.3, -0.25) is 9.59 Å². The SMILES string of the molecule is CC(C)CN1CCC2(CCN(CC[C@H](NC(=O)C3CCCC3)c3ccccc3)CC2)C1=O. The Morgan fingerprint density at radius 3 is 2.38 bits per heavy atom. The Morgan fingerprint density at radius 2 is 1.72 bits per heavy atom. The van der Waals surface area contributed by atoms with Crippen LogP contribution in [-0.2, 0) is 9.59 Å². The van der Waals surface area contributed by atoms with Crippen molar-refractivity contribution in [1.82, 2.24) is 15.1 Å². The van der Waals surface area contributed by atoms with Crippen LogP contribution in [0.1, 0.15) is 76.8 Å². The molecule has 2 heterocycles. The average molecular weight is 440 g/mol. The van der Waals surface area contributed by atoms with Crippen molar-refractivity contribution in [2.45, 2.75) is 71.3 Å². The van der Waals surface area contributed by atoms with Crippen molar-refractivity contribution in [2.24, 2.45) is 17.3 Å². The normalized spacial score (nSPS) is 22.7. The highest BCUT2D eigenvalue weighted by atomic mass is 16.2. The van der Waals surface area contributed by atoms with Crippen molar-refractivity contribution >= 4 is 11.8 Å². The summed E-state index contributed by atoms with van der Waals surface area (Å²) in [5.41, 5.74) is 1.09. The fraction of sp³-hybridized carbons (Fsp3) is 0.704. The lowest BCUT2D eigenvalue weighted by Crippen LogP contribution is -2.45. The van der Waals surface area contributed by atoms with Crippen molar-refractivity contribution in [1.29, 1.82) is 0 Å². The van der Waals surface area contributed by atoms with E-state index < -0.39 is 0 Å². The molecule has 1 aromatic carbocycles. The standard InChI is InChI=1S/C27H41N3O2/c1-21(2)20-30-19-15-27(26(30)32)13-17-29(18-14-27)16-12-24(22-8-4-3-5-9-22)28-25(31)23-10-6-7-11-23/h3-5,8-9,21,23-24H,6-7,10-20H2,1-2H3,(H,28,31)/t24-/m0/s1. The van der Waals surface area contributed by atoms with Gasteiger partial charge >= 0.3 is 0 Å². The predicted octanol–water partition coefficient (Wildman–Crippen LogP) is 4.39. The van der Waals surface area contributed by atoms with Crippen LogP contribution >= 0.6 is 0 Å². The molecule has 1 aliphatic carbocycles. The first-order valence-corrected chi connectivity index (χ1v) is 12.8. The number of carbonyl (C=O) groups excluding carboxylic acids is 2. The summed E-state index contributed by atoms with van der Waals surface area (Å²) in [7, 11) is 0. The van der Waals surface area contributed by atoms with Crippen LogP contribution in [0.5, 0.6) is 0 Å². The molecule has 3 aliphatic rings. The monoisotopic (exact) mass is 439 g/mol. The maximum absolute atomic E-state index is 13.1. The molecule has 2 amide bonds. The Kier molecular flexibility index (Phi) is 7.55. The lowest BCUT2D eigenvalue weighted by Gasteiger charge is -2.38. The highest BCUT2D eigenvalue weighted by molar-refractivity contribution is 5.85. The second-order valence-corrected chi connectivity index (χ2v) is 10.8. The molecule has 1 atom stereocenters. The summed E-state index contributed by atoms with van der Waals surface area (Å²) in [6.07, 6.45) is 8.32. The zero-order valence-electron chi connectivity index (χ0n) is 20.0. The number of rotatable bonds is 8. The molecule has 2 saturated heterocycles. The van der Waals surface area contributed by atoms with Crippen LogP contribution in [0.3, 0.4) is 0 Å². The van der Waals surface area contributed by atoms with E-state index in [-0.39, 0.29) is 23.3 Å². The van der Waals surface area contributed by atoms with Crippen LogP contribution in [0.4, 0.5) is 0 Å². The maximum Gasteiger partial charge on any atom is 0.228 e. The molecule has 3 fully saturated rings. The average Bonchev–Trinajstić information content (AvgIpc) is 3.44. The van der Waals surface area contributed by atoms with Gasteiger partial charge in [0.2, 0.25) is 11.8 Å². The number of likely N-dealkylation sites (tertiary alicyclic amines) is 2. The van der Waals surface area contributed by atoms with Gasteiger partial charge in [0.1, 0.15) is 0 Å². The molecule has 1 spiro atoms. The topological polar surface area (TPSA) is 52.6 Å². The molecular weight excluding hydrogens is 398 g/mol. The summed E-state index contributed by atoms with van der Waals surface area (Å²) < 4.78 is 0. The molecule has 5 heteroatoms. The van der Waals surface area contributed by atoms with E-state index in [1.165, 1.54) is 18.4 Å². The minimum absolute atomic E-state index is 0.0647. The number of benzene rings is 1. The lowest BCUT2D eigenvalue weighted by molar-refractivity contribution is -0.138. The van der Waals surface area contributed by atoms with Gasteiger partial charge < -0.3 is 15.1 Å². The van der Waals surface area contributed by atoms with Crippen molar-refractivity contribution in [3.63, 3.8) is 0 Å². The minimum atomic E-state index is -0.110. The third-order valence-electron chi connectivity index (χ3n) is 7.98. The molecule has 1 saturated carbocycles. The van der Waals surface area contributed by atoms with Crippen molar-refractivity contribution in [2.75, 3.05) is 32.7 Å². The molecule has 4 rings (SSSR count). The van der Waals surface area contributed by atoms with Crippen LogP contribution in [0.15, 0.2) is 30.3 Å². The van der Waals surface area contributed by atoms with E-state index in [1.54, 1.807) is 0 Å². The number of nitrogens with zero attached hydrogens (tertiary/aromatic N) is 2. The molecule has 1 N–H and O–H groups in total. The second-order valence-electron chi connectivity index (χ2n) is 10.8. The van der Waals surface area contributed by atoms with E-state index in [0.29, 0.717) is 11.8 Å². The molecular formula is C27H41N3O2. The van der Waals surface area contributed by atoms with E-state index in [0.717, 1.165) is 71.2 Å². The Hall–Kier alpha value is -1.88. The quantitative estimate of drug-likeness (QED) is 0.653. The summed E-state index contributed by atoms with van der Waals surface area (Å²) in [4.78, 5) is 30.5. The van der Waals surface area contributed by atoms with Gasteiger partial charge in [0, 0.05) is 25.6 Å². The second kappa shape index (κ2) is 10.4. The smallest absolute Gasteiger partial charge is 0.228 e. The highest BCUT2D eigenvalue weighted by Crippen LogP contribution is 2.42. The Labute approximate surface area is 193 Å². The molecule has 0 bridgehead atoms. The van der Waals surface area contributed by atoms with E-state index in [9.17, 15) is 9.59 Å². The van der Waals surface area contributed by atoms with Gasteiger partial charge in [-0.05, 0) is 63.1 Å². The van der Waals surface area contributed by atoms with E-state index in [2.05, 4.69) is 53.2 Å². The summed E-state index contributed by atoms with van der Waals surface area (Å²) >= 11 is 0. The van der Waals surface area contributed by atoms with Gasteiger partial charge in [0.25, 0.3) is 0 Å². The summed E-state index contributed by atoms with van der Waals surface area (Å²) in [6, 6.07) is 10.5. The van der Waals surface area contributed by atoms with E-state index in [1.807, 2.05) is 6.07 Å². The van der Waals surface area contributed by atoms with E-state index >= 15 is 0 Å². The van der Waals surface area contributed by atoms with Gasteiger partial charge in [-0.2, -0.15) is 0 Å². The number of nitrogens with one attached hydrogen (secondary N) is 1. The number of hydrogen-bond acceptors (Lipinski definition) is 3. The Morgan fingerprint density at radius 1 is 1.06 bits per heavy atom. The summed E-state index contributed by atoms with van der Waals surface area (Å²) in [5, 5.41) is 3.37. The molecule has 32 heavy (non-hydrogen) atoms. The lowest BCUT2D eigenvalue weighted by atomic mass is 9.77. The van der Waals surface area contributed by atoms with Crippen molar-refractivity contribution in [3.05, 3.63) is 35.9 Å². The fourth-order valence-corrected chi connectivity index (χ4v) is 5.97. The highest BCUT2D eigenvalue weighted by Gasteiger charge is 2.47. The third-order valence-corrected chi connectivity index (χ3v) is 7.98. The Bertz CT molecular complexity index is 764. The molecule has 0 unspecified atom stereocenters. The summed E-state index contributed by atoms with van der Waals surface area (Å²) in [5.74, 6) is 1.36. The van der Waals surface area contributed by atoms with Crippen LogP contribution in [-0.4, -0.2) is 54.3 Å². The first-order valence-electron chi connectivity index (χ1n) is 12.8. The molecule has 0 radical (unpaired) electrons. The van der Waals surface area contributed by atoms with Crippen LogP contribution in [0, 0.1) is 17.3 Å². The number of piperidine rings is 1. The Balaban J connectivity index is 1.31. The predicted molar refractivity (Wildman–Crippen MR) is 128 cm³/mol. The molecule has 176 valence electrons. The van der Waals surface area contributed by atoms with Crippen molar-refractivity contribution in [3.8, 4) is 0 Å². The van der Waals surface area contributed by atoms with Gasteiger partial charge in [-0.1, -0.05) is 57.0 Å². The van der Waals surface area contributed by atoms with Crippen LogP contribution < -0.4 is 5.32 Å². The summed E-state index contributed by atoms with van der Waals surface area (Å²) in [6.45, 7) is 9.14. The number of hydrogen-bond donors (Lipinski definition) is 1. The first kappa shape index (κ1) is 23.3. The molecule has 0 aromatic heterocycles. The van der Waals surface area contributed by atoms with Crippen LogP contribution in [0.2, 0.25) is 0 Å². The van der Waals surface area contributed by atoms with Gasteiger partial charge in [-0.25, -0.2) is 0 Å². The number of amides is 2. The zero-order valence-corrected chi connectivity index (χ0v) is 20.0. The molecule has 5 nitrogen and oxygen atoms in total. The minimum Gasteiger partial charge on any atom is -0.349 e. The fourth-order valence-electron chi connectivity index (χ4n) is 5.97. The zero-order chi connectivity index (χ0) is 22.6. The largest absolute Gasteiger partial charge is 0.349 e. The van der Waals surface area contributed by atoms with Gasteiger partial charge in [0.15, 0.2) is 0 Å². The van der Waals surface area contributed by atoms with E-state index in [4.69, 9.17) is 0 Å². The third kappa shape index (κ3) is 5.36. The first-order chi connectivity index (χ1) is 15.5. The van der Waals surface area contributed by atoms with Crippen LogP contribution in [0.25, 0.3) is 0 Å². The van der Waals surface area contributed by atoms with Gasteiger partial charge in [0.05, 0.1) is 11.5 Å². The molecule has 1 aromatic rings. The molecule has 2 aliphatic heterocycles. The van der Waals surface area contributed by atoms with Crippen molar-refractivity contribution < 1.29 is 9.59 Å².